The van der Waals surface area contributed by atoms with Gasteiger partial charge in [0, 0.05) is 36.9 Å². The van der Waals surface area contributed by atoms with Gasteiger partial charge < -0.3 is 10.6 Å². The van der Waals surface area contributed by atoms with E-state index in [9.17, 15) is 4.79 Å². The SMILES string of the molecule is NC(=O)C(c1ccc(Br)cn1)c1c(Cl)cccc1Cl.[C-]#[N+]C(c1ccc(Br)cn1)c1c(Cl)cccc1Cl.[Cl][Ti]([Cl])([Cl])[Cl]. The summed E-state index contributed by atoms with van der Waals surface area (Å²) in [6.45, 7) is 7.34. The van der Waals surface area contributed by atoms with Crippen LogP contribution >= 0.6 is 115 Å². The van der Waals surface area contributed by atoms with E-state index in [0.717, 1.165) is 8.95 Å². The first-order valence-electron chi connectivity index (χ1n) is 11.2. The molecule has 0 aliphatic carbocycles. The Morgan fingerprint density at radius 2 is 1.12 bits per heavy atom. The summed E-state index contributed by atoms with van der Waals surface area (Å²) in [6.07, 6.45) is 3.24. The van der Waals surface area contributed by atoms with Crippen LogP contribution in [0.5, 0.6) is 0 Å². The summed E-state index contributed by atoms with van der Waals surface area (Å²) in [7, 11) is 20.1. The summed E-state index contributed by atoms with van der Waals surface area (Å²) in [5, 5.41) is 1.74. The van der Waals surface area contributed by atoms with Gasteiger partial charge in [-0.3, -0.25) is 14.8 Å². The fourth-order valence-corrected chi connectivity index (χ4v) is 5.07. The molecule has 2 N–H and O–H groups in total. The summed E-state index contributed by atoms with van der Waals surface area (Å²) < 4.78 is 1.67. The maximum atomic E-state index is 11.7. The number of carbonyl (C=O) groups is 1. The molecule has 0 fully saturated rings. The molecule has 0 bridgehead atoms. The van der Waals surface area contributed by atoms with Gasteiger partial charge in [-0.05, 0) is 80.4 Å². The second-order valence-corrected chi connectivity index (χ2v) is 26.8. The third-order valence-electron chi connectivity index (χ3n) is 5.05. The number of nitrogens with zero attached hydrogens (tertiary/aromatic N) is 3. The van der Waals surface area contributed by atoms with E-state index in [2.05, 4.69) is 46.7 Å². The maximum absolute atomic E-state index is 11.7. The van der Waals surface area contributed by atoms with Crippen molar-refractivity contribution in [2.75, 3.05) is 0 Å². The number of primary amides is 1. The minimum absolute atomic E-state index is 0.390. The second kappa shape index (κ2) is 18.0. The first-order valence-corrected chi connectivity index (χ1v) is 22.9. The van der Waals surface area contributed by atoms with Gasteiger partial charge in [0.2, 0.25) is 5.91 Å². The van der Waals surface area contributed by atoms with Crippen LogP contribution < -0.4 is 5.73 Å². The number of aromatic nitrogens is 2. The van der Waals surface area contributed by atoms with E-state index in [1.165, 1.54) is 0 Å². The zero-order valence-corrected chi connectivity index (χ0v) is 31.5. The number of benzene rings is 2. The van der Waals surface area contributed by atoms with Crippen molar-refractivity contribution in [3.05, 3.63) is 136 Å². The van der Waals surface area contributed by atoms with E-state index in [0.29, 0.717) is 42.6 Å². The number of nitrogens with two attached hydrogens (primary N) is 1. The van der Waals surface area contributed by atoms with Crippen molar-refractivity contribution in [1.29, 1.82) is 0 Å². The van der Waals surface area contributed by atoms with E-state index >= 15 is 0 Å². The van der Waals surface area contributed by atoms with Crippen LogP contribution in [0.4, 0.5) is 0 Å². The predicted molar refractivity (Wildman–Crippen MR) is 180 cm³/mol. The van der Waals surface area contributed by atoms with Crippen molar-refractivity contribution in [3.8, 4) is 0 Å². The van der Waals surface area contributed by atoms with E-state index in [4.69, 9.17) is 95.9 Å². The molecule has 220 valence electrons. The summed E-state index contributed by atoms with van der Waals surface area (Å²) in [6, 6.07) is 16.8. The van der Waals surface area contributed by atoms with Gasteiger partial charge in [-0.25, -0.2) is 6.57 Å². The van der Waals surface area contributed by atoms with Crippen LogP contribution in [0.3, 0.4) is 0 Å². The van der Waals surface area contributed by atoms with Gasteiger partial charge in [0.1, 0.15) is 11.6 Å². The molecule has 16 heteroatoms. The molecular weight excluding hydrogens is 876 g/mol. The Morgan fingerprint density at radius 3 is 1.45 bits per heavy atom. The fraction of sp³-hybridized carbons (Fsp3) is 0.0769. The van der Waals surface area contributed by atoms with Crippen LogP contribution in [-0.2, 0) is 17.1 Å². The molecule has 2 aromatic carbocycles. The molecule has 0 saturated heterocycles. The van der Waals surface area contributed by atoms with Crippen molar-refractivity contribution >= 4 is 121 Å². The Morgan fingerprint density at radius 1 is 0.738 bits per heavy atom. The van der Waals surface area contributed by atoms with Crippen molar-refractivity contribution in [3.63, 3.8) is 0 Å². The number of rotatable bonds is 5. The molecule has 1 amide bonds. The Hall–Kier alpha value is -0.306. The van der Waals surface area contributed by atoms with Gasteiger partial charge in [0.05, 0.1) is 21.3 Å². The van der Waals surface area contributed by atoms with E-state index in [1.54, 1.807) is 67.0 Å². The summed E-state index contributed by atoms with van der Waals surface area (Å²) in [5.41, 5.74) is 7.68. The Balaban J connectivity index is 0.000000254. The molecule has 4 rings (SSSR count). The van der Waals surface area contributed by atoms with Crippen LogP contribution in [0.1, 0.15) is 34.5 Å². The van der Waals surface area contributed by atoms with Gasteiger partial charge in [-0.1, -0.05) is 58.5 Å². The number of pyridine rings is 2. The molecule has 0 aliphatic heterocycles. The molecule has 4 aromatic rings. The van der Waals surface area contributed by atoms with Crippen molar-refractivity contribution in [1.82, 2.24) is 9.97 Å². The number of carbonyl (C=O) groups excluding carboxylic acids is 1. The third kappa shape index (κ3) is 12.2. The molecule has 2 unspecified atom stereocenters. The van der Waals surface area contributed by atoms with Crippen molar-refractivity contribution in [2.45, 2.75) is 12.0 Å². The fourth-order valence-electron chi connectivity index (χ4n) is 3.38. The van der Waals surface area contributed by atoms with Gasteiger partial charge in [0.25, 0.3) is 6.04 Å². The Bertz CT molecular complexity index is 1510. The standard InChI is InChI=1S/C13H9BrCl2N2O.C13H7BrCl2N2.4ClH.Ti/c14-7-4-5-10(18-6-7)12(13(17)19)11-8(15)2-1-3-9(11)16;1-17-13(11-6-5-8(14)7-18-11)12-9(15)3-2-4-10(12)16;;;;;/h1-6,12H,(H2,17,19);2-7,13H;4*1H;/q;;;;;;+4/p-4. The zero-order chi connectivity index (χ0) is 31.6. The molecule has 2 aromatic heterocycles. The molecular formula is C26H16Br2Cl8N4OTi. The van der Waals surface area contributed by atoms with Gasteiger partial charge in [-0.2, -0.15) is 0 Å². The second-order valence-electron chi connectivity index (χ2n) is 7.87. The first-order chi connectivity index (χ1) is 19.6. The molecule has 0 saturated carbocycles. The van der Waals surface area contributed by atoms with Gasteiger partial charge in [0.15, 0.2) is 0 Å². The van der Waals surface area contributed by atoms with Gasteiger partial charge >= 0.3 is 49.6 Å². The molecule has 2 heterocycles. The minimum atomic E-state index is -3.11. The number of hydrogen-bond acceptors (Lipinski definition) is 3. The van der Waals surface area contributed by atoms with Crippen LogP contribution in [0.15, 0.2) is 82.0 Å². The van der Waals surface area contributed by atoms with Crippen LogP contribution in [-0.4, -0.2) is 15.9 Å². The topological polar surface area (TPSA) is 73.2 Å². The molecule has 42 heavy (non-hydrogen) atoms. The Kier molecular flexibility index (Phi) is 16.2. The Labute approximate surface area is 298 Å². The average molecular weight is 892 g/mol. The summed E-state index contributed by atoms with van der Waals surface area (Å²) in [5.74, 6) is -1.32. The normalized spacial score (nSPS) is 12.0. The van der Waals surface area contributed by atoms with Crippen molar-refractivity contribution < 1.29 is 17.1 Å². The summed E-state index contributed by atoms with van der Waals surface area (Å²) in [4.78, 5) is 23.7. The van der Waals surface area contributed by atoms with E-state index in [1.807, 2.05) is 6.07 Å². The molecule has 0 spiro atoms. The predicted octanol–water partition coefficient (Wildman–Crippen LogP) is 11.7. The van der Waals surface area contributed by atoms with Crippen LogP contribution in [0, 0.1) is 6.57 Å². The van der Waals surface area contributed by atoms with Crippen LogP contribution in [0.25, 0.3) is 4.85 Å². The summed E-state index contributed by atoms with van der Waals surface area (Å²) >= 11 is 28.0. The monoisotopic (exact) mass is 886 g/mol. The average Bonchev–Trinajstić information content (AvgIpc) is 2.89. The zero-order valence-electron chi connectivity index (χ0n) is 20.7. The molecule has 2 atom stereocenters. The van der Waals surface area contributed by atoms with Crippen molar-refractivity contribution in [2.24, 2.45) is 5.73 Å². The molecule has 0 aliphatic rings. The molecule has 0 radical (unpaired) electrons. The first kappa shape index (κ1) is 37.9. The number of halogens is 10. The van der Waals surface area contributed by atoms with E-state index < -0.39 is 30.2 Å². The van der Waals surface area contributed by atoms with Crippen LogP contribution in [0.2, 0.25) is 20.1 Å². The van der Waals surface area contributed by atoms with E-state index in [-0.39, 0.29) is 0 Å². The molecule has 5 nitrogen and oxygen atoms in total. The third-order valence-corrected chi connectivity index (χ3v) is 7.31. The van der Waals surface area contributed by atoms with Gasteiger partial charge in [-0.15, -0.1) is 0 Å². The number of amides is 1. The quantitative estimate of drug-likeness (QED) is 0.160. The number of hydrogen-bond donors (Lipinski definition) is 1.